The average molecular weight is 258 g/mol. The van der Waals surface area contributed by atoms with E-state index in [1.807, 2.05) is 38.1 Å². The molecular weight excluding hydrogens is 240 g/mol. The highest BCUT2D eigenvalue weighted by Gasteiger charge is 2.19. The van der Waals surface area contributed by atoms with Crippen LogP contribution in [-0.4, -0.2) is 15.3 Å². The van der Waals surface area contributed by atoms with Gasteiger partial charge in [-0.3, -0.25) is 0 Å². The molecule has 0 unspecified atom stereocenters. The lowest BCUT2D eigenvalue weighted by molar-refractivity contribution is 0.397. The monoisotopic (exact) mass is 258 g/mol. The number of phenolic OH excluding ortho intramolecular Hbond substituents is 3. The number of hydrogen-bond acceptors (Lipinski definition) is 3. The highest BCUT2D eigenvalue weighted by atomic mass is 16.3. The summed E-state index contributed by atoms with van der Waals surface area (Å²) in [4.78, 5) is 0. The Morgan fingerprint density at radius 3 is 2.11 bits per heavy atom. The molecule has 3 nitrogen and oxygen atoms in total. The Balaban J connectivity index is 2.77. The predicted molar refractivity (Wildman–Crippen MR) is 75.6 cm³/mol. The van der Waals surface area contributed by atoms with Crippen molar-refractivity contribution < 1.29 is 15.3 Å². The first-order valence-corrected chi connectivity index (χ1v) is 6.45. The maximum Gasteiger partial charge on any atom is 0.169 e. The van der Waals surface area contributed by atoms with Crippen molar-refractivity contribution in [1.29, 1.82) is 0 Å². The molecule has 2 rings (SSSR count). The van der Waals surface area contributed by atoms with E-state index in [1.165, 1.54) is 6.07 Å². The van der Waals surface area contributed by atoms with Gasteiger partial charge in [-0.2, -0.15) is 0 Å². The van der Waals surface area contributed by atoms with Crippen LogP contribution in [0.4, 0.5) is 0 Å². The summed E-state index contributed by atoms with van der Waals surface area (Å²) in [5, 5.41) is 30.2. The van der Waals surface area contributed by atoms with Crippen molar-refractivity contribution in [3.63, 3.8) is 0 Å². The summed E-state index contributed by atoms with van der Waals surface area (Å²) in [6, 6.07) is 8.96. The minimum atomic E-state index is -0.268. The van der Waals surface area contributed by atoms with Gasteiger partial charge < -0.3 is 15.3 Å². The Morgan fingerprint density at radius 2 is 1.47 bits per heavy atom. The zero-order valence-corrected chi connectivity index (χ0v) is 11.1. The molecule has 19 heavy (non-hydrogen) atoms. The van der Waals surface area contributed by atoms with E-state index in [2.05, 4.69) is 0 Å². The largest absolute Gasteiger partial charge is 0.507 e. The van der Waals surface area contributed by atoms with Gasteiger partial charge in [0.1, 0.15) is 5.75 Å². The molecule has 0 radical (unpaired) electrons. The van der Waals surface area contributed by atoms with Crippen LogP contribution in [0, 0.1) is 0 Å². The lowest BCUT2D eigenvalue weighted by atomic mass is 9.94. The van der Waals surface area contributed by atoms with Crippen LogP contribution in [0.5, 0.6) is 17.2 Å². The molecule has 0 saturated heterocycles. The van der Waals surface area contributed by atoms with Crippen molar-refractivity contribution in [2.75, 3.05) is 0 Å². The van der Waals surface area contributed by atoms with Gasteiger partial charge in [-0.05, 0) is 35.6 Å². The van der Waals surface area contributed by atoms with E-state index in [-0.39, 0.29) is 17.2 Å². The van der Waals surface area contributed by atoms with Gasteiger partial charge in [0.2, 0.25) is 0 Å². The van der Waals surface area contributed by atoms with Gasteiger partial charge in [-0.25, -0.2) is 0 Å². The smallest absolute Gasteiger partial charge is 0.169 e. The molecule has 0 aliphatic heterocycles. The molecule has 100 valence electrons. The van der Waals surface area contributed by atoms with E-state index in [0.717, 1.165) is 17.5 Å². The summed E-state index contributed by atoms with van der Waals surface area (Å²) in [7, 11) is 0. The quantitative estimate of drug-likeness (QED) is 0.582. The molecular formula is C16H18O3. The summed E-state index contributed by atoms with van der Waals surface area (Å²) in [6.45, 7) is 3.90. The third kappa shape index (κ3) is 2.24. The van der Waals surface area contributed by atoms with Crippen molar-refractivity contribution in [3.05, 3.63) is 41.5 Å². The highest BCUT2D eigenvalue weighted by molar-refractivity contribution is 5.82. The first kappa shape index (κ1) is 13.3. The van der Waals surface area contributed by atoms with Crippen molar-refractivity contribution in [2.24, 2.45) is 0 Å². The number of aromatic hydroxyl groups is 3. The first-order chi connectivity index (χ1) is 9.10. The fourth-order valence-corrected chi connectivity index (χ4v) is 2.30. The topological polar surface area (TPSA) is 60.7 Å². The van der Waals surface area contributed by atoms with Gasteiger partial charge in [-0.15, -0.1) is 0 Å². The number of phenols is 3. The van der Waals surface area contributed by atoms with Crippen molar-refractivity contribution in [1.82, 2.24) is 0 Å². The van der Waals surface area contributed by atoms with Gasteiger partial charge in [0.25, 0.3) is 0 Å². The second-order valence-electron chi connectivity index (χ2n) is 4.49. The Bertz CT molecular complexity index is 603. The van der Waals surface area contributed by atoms with Crippen LogP contribution in [0.15, 0.2) is 30.3 Å². The molecule has 3 N–H and O–H groups in total. The minimum absolute atomic E-state index is 0.0405. The van der Waals surface area contributed by atoms with Crippen LogP contribution in [0.3, 0.4) is 0 Å². The molecule has 0 atom stereocenters. The number of benzene rings is 2. The summed E-state index contributed by atoms with van der Waals surface area (Å²) < 4.78 is 0. The second-order valence-corrected chi connectivity index (χ2v) is 4.49. The van der Waals surface area contributed by atoms with Crippen LogP contribution < -0.4 is 0 Å². The lowest BCUT2D eigenvalue weighted by Crippen LogP contribution is -1.92. The molecule has 0 fully saturated rings. The van der Waals surface area contributed by atoms with E-state index in [0.29, 0.717) is 17.5 Å². The van der Waals surface area contributed by atoms with E-state index in [1.54, 1.807) is 0 Å². The van der Waals surface area contributed by atoms with Crippen LogP contribution in [-0.2, 0) is 12.8 Å². The molecule has 0 heterocycles. The molecule has 0 aliphatic carbocycles. The van der Waals surface area contributed by atoms with Crippen molar-refractivity contribution in [3.8, 4) is 28.4 Å². The SMILES string of the molecule is CCc1ccccc1-c1c(O)c(O)cc(CC)c1O. The van der Waals surface area contributed by atoms with Gasteiger partial charge in [0, 0.05) is 0 Å². The summed E-state index contributed by atoms with van der Waals surface area (Å²) in [6.07, 6.45) is 1.37. The summed E-state index contributed by atoms with van der Waals surface area (Å²) in [5.74, 6) is -0.426. The van der Waals surface area contributed by atoms with Crippen LogP contribution in [0.2, 0.25) is 0 Å². The van der Waals surface area contributed by atoms with Crippen LogP contribution in [0.1, 0.15) is 25.0 Å². The fraction of sp³-hybridized carbons (Fsp3) is 0.250. The Labute approximate surface area is 112 Å². The summed E-state index contributed by atoms with van der Waals surface area (Å²) >= 11 is 0. The number of aryl methyl sites for hydroxylation is 2. The molecule has 2 aromatic carbocycles. The maximum absolute atomic E-state index is 10.3. The van der Waals surface area contributed by atoms with Gasteiger partial charge >= 0.3 is 0 Å². The van der Waals surface area contributed by atoms with Gasteiger partial charge in [0.15, 0.2) is 11.5 Å². The average Bonchev–Trinajstić information content (AvgIpc) is 2.43. The number of hydrogen-bond donors (Lipinski definition) is 3. The Kier molecular flexibility index (Phi) is 3.65. The standard InChI is InChI=1S/C16H18O3/c1-3-10-7-5-6-8-12(10)14-15(18)11(4-2)9-13(17)16(14)19/h5-9,17-19H,3-4H2,1-2H3. The predicted octanol–water partition coefficient (Wildman–Crippen LogP) is 3.60. The first-order valence-electron chi connectivity index (χ1n) is 6.45. The normalized spacial score (nSPS) is 10.6. The number of rotatable bonds is 3. The third-order valence-electron chi connectivity index (χ3n) is 3.38. The molecule has 0 bridgehead atoms. The van der Waals surface area contributed by atoms with Crippen LogP contribution in [0.25, 0.3) is 11.1 Å². The molecule has 0 spiro atoms. The van der Waals surface area contributed by atoms with Crippen molar-refractivity contribution in [2.45, 2.75) is 26.7 Å². The molecule has 0 saturated carbocycles. The van der Waals surface area contributed by atoms with E-state index >= 15 is 0 Å². The molecule has 3 heteroatoms. The van der Waals surface area contributed by atoms with Gasteiger partial charge in [-0.1, -0.05) is 38.1 Å². The van der Waals surface area contributed by atoms with Crippen LogP contribution >= 0.6 is 0 Å². The van der Waals surface area contributed by atoms with Gasteiger partial charge in [0.05, 0.1) is 5.56 Å². The molecule has 0 amide bonds. The Hall–Kier alpha value is -2.16. The Morgan fingerprint density at radius 1 is 0.842 bits per heavy atom. The third-order valence-corrected chi connectivity index (χ3v) is 3.38. The zero-order valence-electron chi connectivity index (χ0n) is 11.1. The van der Waals surface area contributed by atoms with E-state index in [9.17, 15) is 15.3 Å². The molecule has 2 aromatic rings. The van der Waals surface area contributed by atoms with Crippen molar-refractivity contribution >= 4 is 0 Å². The minimum Gasteiger partial charge on any atom is -0.507 e. The molecule has 0 aliphatic rings. The van der Waals surface area contributed by atoms with E-state index < -0.39 is 0 Å². The lowest BCUT2D eigenvalue weighted by Gasteiger charge is -2.15. The zero-order chi connectivity index (χ0) is 14.0. The van der Waals surface area contributed by atoms with E-state index in [4.69, 9.17) is 0 Å². The summed E-state index contributed by atoms with van der Waals surface area (Å²) in [5.41, 5.74) is 2.71. The maximum atomic E-state index is 10.3. The molecule has 0 aromatic heterocycles. The highest BCUT2D eigenvalue weighted by Crippen LogP contribution is 2.46. The second kappa shape index (κ2) is 5.22. The fourth-order valence-electron chi connectivity index (χ4n) is 2.30.